The van der Waals surface area contributed by atoms with E-state index in [0.717, 1.165) is 0 Å². The summed E-state index contributed by atoms with van der Waals surface area (Å²) in [5.74, 6) is -1.23. The molecule has 0 saturated heterocycles. The van der Waals surface area contributed by atoms with Crippen LogP contribution >= 0.6 is 15.9 Å². The lowest BCUT2D eigenvalue weighted by Gasteiger charge is -2.13. The van der Waals surface area contributed by atoms with Crippen LogP contribution in [0.2, 0.25) is 0 Å². The predicted molar refractivity (Wildman–Crippen MR) is 129 cm³/mol. The highest BCUT2D eigenvalue weighted by atomic mass is 79.9. The summed E-state index contributed by atoms with van der Waals surface area (Å²) >= 11 is 3.19. The van der Waals surface area contributed by atoms with Gasteiger partial charge in [-0.3, -0.25) is 9.52 Å². The first-order valence-electron chi connectivity index (χ1n) is 9.79. The average molecular weight is 533 g/mol. The molecule has 0 atom stereocenters. The van der Waals surface area contributed by atoms with Crippen molar-refractivity contribution in [2.75, 3.05) is 10.0 Å². The van der Waals surface area contributed by atoms with E-state index >= 15 is 0 Å². The molecule has 0 aromatic heterocycles. The van der Waals surface area contributed by atoms with Gasteiger partial charge in [-0.1, -0.05) is 22.0 Å². The Morgan fingerprint density at radius 1 is 1.00 bits per heavy atom. The van der Waals surface area contributed by atoms with Gasteiger partial charge in [-0.05, 0) is 68.4 Å². The Bertz CT molecular complexity index is 1290. The van der Waals surface area contributed by atoms with Crippen molar-refractivity contribution in [2.24, 2.45) is 0 Å². The van der Waals surface area contributed by atoms with E-state index in [1.807, 2.05) is 13.8 Å². The zero-order valence-corrected chi connectivity index (χ0v) is 20.1. The SMILES string of the molecule is CC(C)Oc1cccc(NS(=O)(=O)c2ccc(C(=O)Nc3ccc(Br)cc3C(=O)O)cc2)c1. The van der Waals surface area contributed by atoms with Gasteiger partial charge in [0.25, 0.3) is 15.9 Å². The molecule has 10 heteroatoms. The van der Waals surface area contributed by atoms with Crippen LogP contribution in [-0.4, -0.2) is 31.5 Å². The van der Waals surface area contributed by atoms with Gasteiger partial charge in [0.2, 0.25) is 0 Å². The molecule has 3 aromatic rings. The van der Waals surface area contributed by atoms with Gasteiger partial charge in [-0.25, -0.2) is 13.2 Å². The molecular weight excluding hydrogens is 512 g/mol. The zero-order chi connectivity index (χ0) is 24.2. The molecule has 3 N–H and O–H groups in total. The Morgan fingerprint density at radius 3 is 2.33 bits per heavy atom. The Labute approximate surface area is 199 Å². The van der Waals surface area contributed by atoms with E-state index in [1.54, 1.807) is 30.3 Å². The third-order valence-electron chi connectivity index (χ3n) is 4.35. The molecular formula is C23H21BrN2O6S. The number of rotatable bonds is 8. The number of hydrogen-bond acceptors (Lipinski definition) is 5. The fraction of sp³-hybridized carbons (Fsp3) is 0.130. The summed E-state index contributed by atoms with van der Waals surface area (Å²) in [5, 5.41) is 11.9. The second-order valence-electron chi connectivity index (χ2n) is 7.27. The van der Waals surface area contributed by atoms with Crippen LogP contribution in [0.15, 0.2) is 76.1 Å². The summed E-state index contributed by atoms with van der Waals surface area (Å²) in [6.45, 7) is 3.74. The minimum absolute atomic E-state index is 0.0379. The summed E-state index contributed by atoms with van der Waals surface area (Å²) in [7, 11) is -3.90. The van der Waals surface area contributed by atoms with E-state index in [-0.39, 0.29) is 27.8 Å². The fourth-order valence-corrected chi connectivity index (χ4v) is 4.31. The fourth-order valence-electron chi connectivity index (χ4n) is 2.90. The van der Waals surface area contributed by atoms with Crippen molar-refractivity contribution in [1.82, 2.24) is 0 Å². The molecule has 8 nitrogen and oxygen atoms in total. The van der Waals surface area contributed by atoms with Crippen molar-refractivity contribution < 1.29 is 27.9 Å². The van der Waals surface area contributed by atoms with E-state index in [9.17, 15) is 23.1 Å². The molecule has 0 radical (unpaired) electrons. The molecule has 0 bridgehead atoms. The van der Waals surface area contributed by atoms with Gasteiger partial charge < -0.3 is 15.2 Å². The Balaban J connectivity index is 1.76. The monoisotopic (exact) mass is 532 g/mol. The lowest BCUT2D eigenvalue weighted by Crippen LogP contribution is -2.16. The maximum absolute atomic E-state index is 12.7. The van der Waals surface area contributed by atoms with E-state index < -0.39 is 21.9 Å². The van der Waals surface area contributed by atoms with Crippen molar-refractivity contribution in [3.05, 3.63) is 82.3 Å². The van der Waals surface area contributed by atoms with Crippen molar-refractivity contribution >= 4 is 49.2 Å². The number of hydrogen-bond donors (Lipinski definition) is 3. The number of benzene rings is 3. The van der Waals surface area contributed by atoms with Crippen LogP contribution in [0.4, 0.5) is 11.4 Å². The van der Waals surface area contributed by atoms with Crippen LogP contribution in [0.1, 0.15) is 34.6 Å². The lowest BCUT2D eigenvalue weighted by molar-refractivity contribution is 0.0698. The molecule has 1 amide bonds. The molecule has 0 aliphatic rings. The van der Waals surface area contributed by atoms with Crippen LogP contribution in [0, 0.1) is 0 Å². The minimum Gasteiger partial charge on any atom is -0.491 e. The molecule has 0 heterocycles. The lowest BCUT2D eigenvalue weighted by atomic mass is 10.1. The molecule has 172 valence electrons. The number of anilines is 2. The number of carboxylic acids is 1. The number of carboxylic acid groups (broad SMARTS) is 1. The smallest absolute Gasteiger partial charge is 0.337 e. The number of aromatic carboxylic acids is 1. The molecule has 0 aliphatic carbocycles. The van der Waals surface area contributed by atoms with E-state index in [1.165, 1.54) is 36.4 Å². The van der Waals surface area contributed by atoms with E-state index in [2.05, 4.69) is 26.0 Å². The van der Waals surface area contributed by atoms with E-state index in [0.29, 0.717) is 15.9 Å². The summed E-state index contributed by atoms with van der Waals surface area (Å²) < 4.78 is 34.1. The van der Waals surface area contributed by atoms with Crippen LogP contribution in [0.25, 0.3) is 0 Å². The number of nitrogens with one attached hydrogen (secondary N) is 2. The standard InChI is InChI=1S/C23H21BrN2O6S/c1-14(2)32-18-5-3-4-17(13-18)26-33(30,31)19-9-6-15(7-10-19)22(27)25-21-11-8-16(24)12-20(21)23(28)29/h3-14,26H,1-2H3,(H,25,27)(H,28,29). The number of ether oxygens (including phenoxy) is 1. The summed E-state index contributed by atoms with van der Waals surface area (Å²) in [6, 6.07) is 16.3. The molecule has 33 heavy (non-hydrogen) atoms. The summed E-state index contributed by atoms with van der Waals surface area (Å²) in [5.41, 5.74) is 0.550. The van der Waals surface area contributed by atoms with Crippen LogP contribution in [0.3, 0.4) is 0 Å². The Morgan fingerprint density at radius 2 is 1.70 bits per heavy atom. The molecule has 0 fully saturated rings. The zero-order valence-electron chi connectivity index (χ0n) is 17.7. The largest absolute Gasteiger partial charge is 0.491 e. The van der Waals surface area contributed by atoms with Crippen molar-refractivity contribution in [3.8, 4) is 5.75 Å². The third-order valence-corrected chi connectivity index (χ3v) is 6.24. The summed E-state index contributed by atoms with van der Waals surface area (Å²) in [4.78, 5) is 23.9. The number of amides is 1. The number of sulfonamides is 1. The number of carbonyl (C=O) groups is 2. The highest BCUT2D eigenvalue weighted by Crippen LogP contribution is 2.24. The van der Waals surface area contributed by atoms with Crippen LogP contribution in [0.5, 0.6) is 5.75 Å². The second kappa shape index (κ2) is 10.1. The van der Waals surface area contributed by atoms with Crippen LogP contribution < -0.4 is 14.8 Å². The molecule has 0 spiro atoms. The van der Waals surface area contributed by atoms with Gasteiger partial charge in [-0.2, -0.15) is 0 Å². The van der Waals surface area contributed by atoms with Crippen molar-refractivity contribution in [1.29, 1.82) is 0 Å². The van der Waals surface area contributed by atoms with Gasteiger partial charge in [0.1, 0.15) is 5.75 Å². The highest BCUT2D eigenvalue weighted by Gasteiger charge is 2.17. The maximum Gasteiger partial charge on any atom is 0.337 e. The predicted octanol–water partition coefficient (Wildman–Crippen LogP) is 4.99. The number of halogens is 1. The highest BCUT2D eigenvalue weighted by molar-refractivity contribution is 9.10. The molecule has 3 rings (SSSR count). The summed E-state index contributed by atoms with van der Waals surface area (Å²) in [6.07, 6.45) is -0.0560. The average Bonchev–Trinajstić information content (AvgIpc) is 2.74. The molecule has 0 unspecified atom stereocenters. The topological polar surface area (TPSA) is 122 Å². The maximum atomic E-state index is 12.7. The molecule has 0 saturated carbocycles. The van der Waals surface area contributed by atoms with Gasteiger partial charge in [0.05, 0.1) is 27.9 Å². The van der Waals surface area contributed by atoms with Crippen LogP contribution in [-0.2, 0) is 10.0 Å². The van der Waals surface area contributed by atoms with E-state index in [4.69, 9.17) is 4.74 Å². The quantitative estimate of drug-likeness (QED) is 0.375. The van der Waals surface area contributed by atoms with Gasteiger partial charge in [0, 0.05) is 16.1 Å². The normalized spacial score (nSPS) is 11.2. The van der Waals surface area contributed by atoms with Crippen molar-refractivity contribution in [2.45, 2.75) is 24.8 Å². The molecule has 0 aliphatic heterocycles. The first-order valence-corrected chi connectivity index (χ1v) is 12.1. The van der Waals surface area contributed by atoms with Gasteiger partial charge in [0.15, 0.2) is 0 Å². The van der Waals surface area contributed by atoms with Crippen molar-refractivity contribution in [3.63, 3.8) is 0 Å². The Kier molecular flexibility index (Phi) is 7.39. The first kappa shape index (κ1) is 24.3. The van der Waals surface area contributed by atoms with Gasteiger partial charge in [-0.15, -0.1) is 0 Å². The third kappa shape index (κ3) is 6.33. The minimum atomic E-state index is -3.90. The second-order valence-corrected chi connectivity index (χ2v) is 9.87. The van der Waals surface area contributed by atoms with Gasteiger partial charge >= 0.3 is 5.97 Å². The number of carbonyl (C=O) groups excluding carboxylic acids is 1. The molecule has 3 aromatic carbocycles. The Hall–Kier alpha value is -3.37. The first-order chi connectivity index (χ1) is 15.5.